The predicted octanol–water partition coefficient (Wildman–Crippen LogP) is 3.26. The smallest absolute Gasteiger partial charge is 0.119 e. The van der Waals surface area contributed by atoms with Gasteiger partial charge in [-0.15, -0.1) is 0 Å². The molecule has 0 atom stereocenters. The summed E-state index contributed by atoms with van der Waals surface area (Å²) in [6.45, 7) is 3.72. The number of methoxy groups -OCH3 is 1. The third-order valence-electron chi connectivity index (χ3n) is 3.79. The molecule has 2 aromatic rings. The van der Waals surface area contributed by atoms with E-state index in [1.54, 1.807) is 7.11 Å². The summed E-state index contributed by atoms with van der Waals surface area (Å²) in [5, 5.41) is 8.15. The molecule has 5 heteroatoms. The zero-order chi connectivity index (χ0) is 14.8. The van der Waals surface area contributed by atoms with Gasteiger partial charge in [-0.3, -0.25) is 4.68 Å². The highest BCUT2D eigenvalue weighted by molar-refractivity contribution is 9.10. The van der Waals surface area contributed by atoms with Gasteiger partial charge in [0.25, 0.3) is 0 Å². The monoisotopic (exact) mass is 349 g/mol. The largest absolute Gasteiger partial charge is 0.497 e. The van der Waals surface area contributed by atoms with E-state index in [9.17, 15) is 0 Å². The van der Waals surface area contributed by atoms with E-state index in [0.29, 0.717) is 0 Å². The highest BCUT2D eigenvalue weighted by Gasteiger charge is 2.20. The Labute approximate surface area is 133 Å². The van der Waals surface area contributed by atoms with Gasteiger partial charge >= 0.3 is 0 Å². The molecule has 4 nitrogen and oxygen atoms in total. The third-order valence-corrected chi connectivity index (χ3v) is 4.57. The maximum Gasteiger partial charge on any atom is 0.119 e. The molecular weight excluding hydrogens is 330 g/mol. The van der Waals surface area contributed by atoms with E-state index in [2.05, 4.69) is 39.5 Å². The molecule has 0 spiro atoms. The highest BCUT2D eigenvalue weighted by Crippen LogP contribution is 2.24. The first kappa shape index (κ1) is 14.6. The van der Waals surface area contributed by atoms with Crippen LogP contribution in [0.25, 0.3) is 0 Å². The number of hydrogen-bond acceptors (Lipinski definition) is 3. The minimum absolute atomic E-state index is 0.722. The quantitative estimate of drug-likeness (QED) is 0.869. The van der Waals surface area contributed by atoms with Crippen LogP contribution in [-0.2, 0) is 13.1 Å². The average Bonchev–Trinajstić information content (AvgIpc) is 3.23. The number of hydrogen-bond donors (Lipinski definition) is 1. The number of nitrogens with zero attached hydrogens (tertiary/aromatic N) is 2. The van der Waals surface area contributed by atoms with Crippen molar-refractivity contribution < 1.29 is 4.74 Å². The van der Waals surface area contributed by atoms with Crippen molar-refractivity contribution in [1.82, 2.24) is 15.1 Å². The van der Waals surface area contributed by atoms with Crippen LogP contribution in [0.4, 0.5) is 0 Å². The van der Waals surface area contributed by atoms with Crippen LogP contribution in [0.1, 0.15) is 29.7 Å². The lowest BCUT2D eigenvalue weighted by Crippen LogP contribution is -2.15. The summed E-state index contributed by atoms with van der Waals surface area (Å²) in [5.74, 6) is 0.868. The van der Waals surface area contributed by atoms with Crippen LogP contribution in [0.2, 0.25) is 0 Å². The lowest BCUT2D eigenvalue weighted by atomic mass is 10.2. The lowest BCUT2D eigenvalue weighted by Gasteiger charge is -2.07. The summed E-state index contributed by atoms with van der Waals surface area (Å²) >= 11 is 3.59. The maximum atomic E-state index is 5.29. The standard InChI is InChI=1S/C16H20BrN3O/c1-11-13(8-18-14-3-4-14)10-20(19-11)9-12-7-15(21-2)5-6-16(12)17/h5-7,10,14,18H,3-4,8-9H2,1-2H3. The highest BCUT2D eigenvalue weighted by atomic mass is 79.9. The summed E-state index contributed by atoms with van der Waals surface area (Å²) in [4.78, 5) is 0. The fourth-order valence-electron chi connectivity index (χ4n) is 2.33. The normalized spacial score (nSPS) is 14.4. The van der Waals surface area contributed by atoms with Crippen LogP contribution in [-0.4, -0.2) is 22.9 Å². The number of aromatic nitrogens is 2. The number of aryl methyl sites for hydroxylation is 1. The topological polar surface area (TPSA) is 39.1 Å². The summed E-state index contributed by atoms with van der Waals surface area (Å²) in [7, 11) is 1.69. The van der Waals surface area contributed by atoms with Crippen molar-refractivity contribution in [2.75, 3.05) is 7.11 Å². The van der Waals surface area contributed by atoms with E-state index >= 15 is 0 Å². The first-order valence-corrected chi connectivity index (χ1v) is 8.03. The number of rotatable bonds is 6. The Balaban J connectivity index is 1.73. The number of ether oxygens (including phenoxy) is 1. The van der Waals surface area contributed by atoms with Gasteiger partial charge < -0.3 is 10.1 Å². The second kappa shape index (κ2) is 6.20. The lowest BCUT2D eigenvalue weighted by molar-refractivity contribution is 0.414. The molecule has 0 amide bonds. The molecule has 1 aromatic carbocycles. The van der Waals surface area contributed by atoms with Crippen molar-refractivity contribution in [2.45, 2.75) is 38.9 Å². The molecular formula is C16H20BrN3O. The van der Waals surface area contributed by atoms with Crippen molar-refractivity contribution >= 4 is 15.9 Å². The van der Waals surface area contributed by atoms with Crippen molar-refractivity contribution in [1.29, 1.82) is 0 Å². The maximum absolute atomic E-state index is 5.29. The number of halogens is 1. The van der Waals surface area contributed by atoms with E-state index in [0.717, 1.165) is 35.0 Å². The summed E-state index contributed by atoms with van der Waals surface area (Å²) < 4.78 is 8.36. The molecule has 0 unspecified atom stereocenters. The molecule has 1 aromatic heterocycles. The van der Waals surface area contributed by atoms with Gasteiger partial charge in [0, 0.05) is 28.8 Å². The van der Waals surface area contributed by atoms with E-state index in [-0.39, 0.29) is 0 Å². The van der Waals surface area contributed by atoms with Gasteiger partial charge in [0.2, 0.25) is 0 Å². The van der Waals surface area contributed by atoms with E-state index < -0.39 is 0 Å². The summed E-state index contributed by atoms with van der Waals surface area (Å²) in [5.41, 5.74) is 3.54. The van der Waals surface area contributed by atoms with Crippen LogP contribution in [0.3, 0.4) is 0 Å². The van der Waals surface area contributed by atoms with Gasteiger partial charge in [-0.05, 0) is 43.5 Å². The number of benzene rings is 1. The molecule has 1 heterocycles. The molecule has 3 rings (SSSR count). The first-order chi connectivity index (χ1) is 10.2. The molecule has 0 saturated heterocycles. The van der Waals surface area contributed by atoms with Gasteiger partial charge in [0.1, 0.15) is 5.75 Å². The van der Waals surface area contributed by atoms with Gasteiger partial charge in [-0.2, -0.15) is 5.10 Å². The van der Waals surface area contributed by atoms with Crippen LogP contribution in [0, 0.1) is 6.92 Å². The molecule has 0 radical (unpaired) electrons. The Kier molecular flexibility index (Phi) is 4.31. The van der Waals surface area contributed by atoms with E-state index in [4.69, 9.17) is 4.74 Å². The zero-order valence-electron chi connectivity index (χ0n) is 12.4. The van der Waals surface area contributed by atoms with Crippen molar-refractivity contribution in [3.63, 3.8) is 0 Å². The second-order valence-corrected chi connectivity index (χ2v) is 6.40. The molecule has 1 N–H and O–H groups in total. The minimum atomic E-state index is 0.722. The van der Waals surface area contributed by atoms with Crippen LogP contribution in [0.15, 0.2) is 28.9 Å². The molecule has 0 aliphatic heterocycles. The molecule has 1 fully saturated rings. The molecule has 0 bridgehead atoms. The second-order valence-electron chi connectivity index (χ2n) is 5.55. The SMILES string of the molecule is COc1ccc(Br)c(Cn2cc(CNC3CC3)c(C)n2)c1. The average molecular weight is 350 g/mol. The van der Waals surface area contributed by atoms with Crippen LogP contribution < -0.4 is 10.1 Å². The molecule has 1 saturated carbocycles. The van der Waals surface area contributed by atoms with Crippen molar-refractivity contribution in [3.8, 4) is 5.75 Å². The Bertz CT molecular complexity index is 634. The fourth-order valence-corrected chi connectivity index (χ4v) is 2.70. The first-order valence-electron chi connectivity index (χ1n) is 7.24. The summed E-state index contributed by atoms with van der Waals surface area (Å²) in [6.07, 6.45) is 4.75. The molecule has 21 heavy (non-hydrogen) atoms. The van der Waals surface area contributed by atoms with Gasteiger partial charge in [-0.25, -0.2) is 0 Å². The Morgan fingerprint density at radius 1 is 1.38 bits per heavy atom. The van der Waals surface area contributed by atoms with Gasteiger partial charge in [0.15, 0.2) is 0 Å². The predicted molar refractivity (Wildman–Crippen MR) is 86.6 cm³/mol. The van der Waals surface area contributed by atoms with E-state index in [1.165, 1.54) is 24.0 Å². The van der Waals surface area contributed by atoms with E-state index in [1.807, 2.05) is 22.9 Å². The van der Waals surface area contributed by atoms with Crippen molar-refractivity contribution in [2.24, 2.45) is 0 Å². The fraction of sp³-hybridized carbons (Fsp3) is 0.438. The Morgan fingerprint density at radius 2 is 2.19 bits per heavy atom. The van der Waals surface area contributed by atoms with Crippen LogP contribution >= 0.6 is 15.9 Å². The molecule has 1 aliphatic rings. The van der Waals surface area contributed by atoms with Crippen LogP contribution in [0.5, 0.6) is 5.75 Å². The number of nitrogens with one attached hydrogen (secondary N) is 1. The molecule has 1 aliphatic carbocycles. The Morgan fingerprint density at radius 3 is 2.90 bits per heavy atom. The third kappa shape index (κ3) is 3.66. The molecule has 112 valence electrons. The zero-order valence-corrected chi connectivity index (χ0v) is 14.0. The minimum Gasteiger partial charge on any atom is -0.497 e. The Hall–Kier alpha value is -1.33. The van der Waals surface area contributed by atoms with Gasteiger partial charge in [-0.1, -0.05) is 15.9 Å². The van der Waals surface area contributed by atoms with Crippen molar-refractivity contribution in [3.05, 3.63) is 45.7 Å². The van der Waals surface area contributed by atoms with Gasteiger partial charge in [0.05, 0.1) is 19.3 Å². The summed E-state index contributed by atoms with van der Waals surface area (Å²) in [6, 6.07) is 6.73.